The predicted octanol–water partition coefficient (Wildman–Crippen LogP) is 5.93. The number of benzene rings is 1. The third kappa shape index (κ3) is 7.03. The zero-order valence-corrected chi connectivity index (χ0v) is 13.7. The lowest BCUT2D eigenvalue weighted by Gasteiger charge is -2.12. The first-order chi connectivity index (χ1) is 10.2. The van der Waals surface area contributed by atoms with Crippen molar-refractivity contribution < 1.29 is 4.74 Å². The Kier molecular flexibility index (Phi) is 8.34. The standard InChI is InChI=1S/C19H29NO/c1-5-7-9-10-19(16(3)4)20-17-11-13-18(14-12-17)21-15-8-6-2/h10-14,20H,3,5-9,15H2,1-2,4H3/b19-10-. The zero-order valence-electron chi connectivity index (χ0n) is 13.7. The second-order valence-corrected chi connectivity index (χ2v) is 5.39. The van der Waals surface area contributed by atoms with Crippen molar-refractivity contribution in [2.45, 2.75) is 52.9 Å². The molecule has 0 atom stereocenters. The second kappa shape index (κ2) is 10.1. The quantitative estimate of drug-likeness (QED) is 0.425. The van der Waals surface area contributed by atoms with Gasteiger partial charge in [0.05, 0.1) is 6.61 Å². The van der Waals surface area contributed by atoms with Gasteiger partial charge in [0, 0.05) is 11.4 Å². The number of anilines is 1. The van der Waals surface area contributed by atoms with Crippen LogP contribution in [0, 0.1) is 0 Å². The van der Waals surface area contributed by atoms with E-state index >= 15 is 0 Å². The maximum atomic E-state index is 5.67. The number of nitrogens with one attached hydrogen (secondary N) is 1. The lowest BCUT2D eigenvalue weighted by molar-refractivity contribution is 0.309. The molecule has 0 aliphatic carbocycles. The van der Waals surface area contributed by atoms with Crippen molar-refractivity contribution >= 4 is 5.69 Å². The van der Waals surface area contributed by atoms with Crippen LogP contribution >= 0.6 is 0 Å². The summed E-state index contributed by atoms with van der Waals surface area (Å²) >= 11 is 0. The molecule has 0 spiro atoms. The van der Waals surface area contributed by atoms with Gasteiger partial charge in [0.25, 0.3) is 0 Å². The van der Waals surface area contributed by atoms with Crippen molar-refractivity contribution in [3.8, 4) is 5.75 Å². The van der Waals surface area contributed by atoms with Gasteiger partial charge in [0.15, 0.2) is 0 Å². The summed E-state index contributed by atoms with van der Waals surface area (Å²) < 4.78 is 5.67. The molecule has 0 amide bonds. The highest BCUT2D eigenvalue weighted by Gasteiger charge is 2.00. The van der Waals surface area contributed by atoms with Gasteiger partial charge >= 0.3 is 0 Å². The van der Waals surface area contributed by atoms with E-state index in [-0.39, 0.29) is 0 Å². The minimum atomic E-state index is 0.789. The van der Waals surface area contributed by atoms with Gasteiger partial charge in [-0.1, -0.05) is 39.3 Å². The normalized spacial score (nSPS) is 11.3. The van der Waals surface area contributed by atoms with Crippen LogP contribution in [0.3, 0.4) is 0 Å². The summed E-state index contributed by atoms with van der Waals surface area (Å²) in [5, 5.41) is 3.44. The van der Waals surface area contributed by atoms with Gasteiger partial charge in [-0.3, -0.25) is 0 Å². The summed E-state index contributed by atoms with van der Waals surface area (Å²) in [4.78, 5) is 0. The molecule has 116 valence electrons. The Balaban J connectivity index is 2.59. The van der Waals surface area contributed by atoms with Crippen LogP contribution in [0.4, 0.5) is 5.69 Å². The first-order valence-electron chi connectivity index (χ1n) is 8.03. The molecule has 0 radical (unpaired) electrons. The summed E-state index contributed by atoms with van der Waals surface area (Å²) in [6.45, 7) is 11.2. The average molecular weight is 287 g/mol. The Morgan fingerprint density at radius 2 is 1.81 bits per heavy atom. The van der Waals surface area contributed by atoms with Crippen LogP contribution in [-0.2, 0) is 0 Å². The predicted molar refractivity (Wildman–Crippen MR) is 92.9 cm³/mol. The maximum Gasteiger partial charge on any atom is 0.119 e. The van der Waals surface area contributed by atoms with Gasteiger partial charge in [0.1, 0.15) is 5.75 Å². The van der Waals surface area contributed by atoms with Crippen molar-refractivity contribution in [3.05, 3.63) is 48.2 Å². The lowest BCUT2D eigenvalue weighted by atomic mass is 10.1. The van der Waals surface area contributed by atoms with E-state index < -0.39 is 0 Å². The van der Waals surface area contributed by atoms with E-state index in [2.05, 4.69) is 44.0 Å². The van der Waals surface area contributed by atoms with E-state index in [1.54, 1.807) is 0 Å². The molecular weight excluding hydrogens is 258 g/mol. The highest BCUT2D eigenvalue weighted by Crippen LogP contribution is 2.20. The molecule has 0 heterocycles. The largest absolute Gasteiger partial charge is 0.494 e. The molecule has 0 unspecified atom stereocenters. The van der Waals surface area contributed by atoms with E-state index in [1.165, 1.54) is 12.8 Å². The fourth-order valence-corrected chi connectivity index (χ4v) is 1.91. The van der Waals surface area contributed by atoms with Crippen molar-refractivity contribution in [2.24, 2.45) is 0 Å². The van der Waals surface area contributed by atoms with Gasteiger partial charge in [-0.05, 0) is 56.0 Å². The average Bonchev–Trinajstić information content (AvgIpc) is 2.48. The van der Waals surface area contributed by atoms with Crippen LogP contribution < -0.4 is 10.1 Å². The van der Waals surface area contributed by atoms with Gasteiger partial charge in [-0.15, -0.1) is 0 Å². The molecule has 0 saturated carbocycles. The van der Waals surface area contributed by atoms with Crippen molar-refractivity contribution in [2.75, 3.05) is 11.9 Å². The molecule has 2 nitrogen and oxygen atoms in total. The van der Waals surface area contributed by atoms with Crippen LogP contribution in [0.15, 0.2) is 48.2 Å². The molecule has 1 N–H and O–H groups in total. The SMILES string of the molecule is C=C(C)/C(=C/CCCC)Nc1ccc(OCCCC)cc1. The molecular formula is C19H29NO. The molecule has 0 saturated heterocycles. The number of ether oxygens (including phenoxy) is 1. The third-order valence-electron chi connectivity index (χ3n) is 3.27. The zero-order chi connectivity index (χ0) is 15.5. The molecule has 0 aliphatic rings. The number of rotatable bonds is 10. The Labute approximate surface area is 129 Å². The summed E-state index contributed by atoms with van der Waals surface area (Å²) in [5.74, 6) is 0.931. The Morgan fingerprint density at radius 3 is 2.38 bits per heavy atom. The number of allylic oxidation sites excluding steroid dienone is 2. The summed E-state index contributed by atoms with van der Waals surface area (Å²) in [7, 11) is 0. The highest BCUT2D eigenvalue weighted by atomic mass is 16.5. The first-order valence-corrected chi connectivity index (χ1v) is 8.03. The van der Waals surface area contributed by atoms with Gasteiger partial charge in [-0.25, -0.2) is 0 Å². The van der Waals surface area contributed by atoms with Crippen LogP contribution in [0.5, 0.6) is 5.75 Å². The highest BCUT2D eigenvalue weighted by molar-refractivity contribution is 5.54. The number of hydrogen-bond donors (Lipinski definition) is 1. The van der Waals surface area contributed by atoms with Gasteiger partial charge in [-0.2, -0.15) is 0 Å². The fraction of sp³-hybridized carbons (Fsp3) is 0.474. The van der Waals surface area contributed by atoms with E-state index in [9.17, 15) is 0 Å². The van der Waals surface area contributed by atoms with Crippen LogP contribution in [0.25, 0.3) is 0 Å². The lowest BCUT2D eigenvalue weighted by Crippen LogP contribution is -2.01. The Bertz CT molecular complexity index is 445. The molecule has 1 aromatic carbocycles. The van der Waals surface area contributed by atoms with Gasteiger partial charge in [0.2, 0.25) is 0 Å². The maximum absolute atomic E-state index is 5.67. The monoisotopic (exact) mass is 287 g/mol. The molecule has 2 heteroatoms. The first kappa shape index (κ1) is 17.4. The van der Waals surface area contributed by atoms with E-state index in [0.717, 1.165) is 48.6 Å². The molecule has 1 rings (SSSR count). The van der Waals surface area contributed by atoms with Gasteiger partial charge < -0.3 is 10.1 Å². The van der Waals surface area contributed by atoms with Crippen LogP contribution in [-0.4, -0.2) is 6.61 Å². The second-order valence-electron chi connectivity index (χ2n) is 5.39. The summed E-state index contributed by atoms with van der Waals surface area (Å²) in [6.07, 6.45) is 8.00. The molecule has 0 aliphatic heterocycles. The van der Waals surface area contributed by atoms with E-state index in [4.69, 9.17) is 4.74 Å². The molecule has 0 bridgehead atoms. The number of unbranched alkanes of at least 4 members (excludes halogenated alkanes) is 3. The minimum absolute atomic E-state index is 0.789. The van der Waals surface area contributed by atoms with Crippen molar-refractivity contribution in [1.29, 1.82) is 0 Å². The summed E-state index contributed by atoms with van der Waals surface area (Å²) in [5.41, 5.74) is 3.25. The smallest absolute Gasteiger partial charge is 0.119 e. The molecule has 1 aromatic rings. The Morgan fingerprint density at radius 1 is 1.14 bits per heavy atom. The minimum Gasteiger partial charge on any atom is -0.494 e. The fourth-order valence-electron chi connectivity index (χ4n) is 1.91. The molecule has 0 aromatic heterocycles. The topological polar surface area (TPSA) is 21.3 Å². The number of hydrogen-bond acceptors (Lipinski definition) is 2. The van der Waals surface area contributed by atoms with Crippen molar-refractivity contribution in [1.82, 2.24) is 0 Å². The third-order valence-corrected chi connectivity index (χ3v) is 3.27. The van der Waals surface area contributed by atoms with Crippen LogP contribution in [0.2, 0.25) is 0 Å². The Hall–Kier alpha value is -1.70. The summed E-state index contributed by atoms with van der Waals surface area (Å²) in [6, 6.07) is 8.13. The molecule has 21 heavy (non-hydrogen) atoms. The van der Waals surface area contributed by atoms with E-state index in [1.807, 2.05) is 19.1 Å². The van der Waals surface area contributed by atoms with E-state index in [0.29, 0.717) is 0 Å². The molecule has 0 fully saturated rings. The van der Waals surface area contributed by atoms with Crippen molar-refractivity contribution in [3.63, 3.8) is 0 Å². The van der Waals surface area contributed by atoms with Crippen LogP contribution in [0.1, 0.15) is 52.9 Å².